The van der Waals surface area contributed by atoms with Crippen molar-refractivity contribution in [2.24, 2.45) is 4.99 Å². The molecule has 0 unspecified atom stereocenters. The lowest BCUT2D eigenvalue weighted by Gasteiger charge is -2.26. The minimum atomic E-state index is 0.846. The van der Waals surface area contributed by atoms with Crippen molar-refractivity contribution >= 4 is 5.96 Å². The number of hydrogen-bond acceptors (Lipinski definition) is 3. The molecule has 0 spiro atoms. The van der Waals surface area contributed by atoms with Crippen molar-refractivity contribution in [2.75, 3.05) is 53.5 Å². The van der Waals surface area contributed by atoms with Crippen LogP contribution in [0.2, 0.25) is 0 Å². The van der Waals surface area contributed by atoms with Crippen molar-refractivity contribution in [3.8, 4) is 0 Å². The van der Waals surface area contributed by atoms with Crippen LogP contribution in [0.1, 0.15) is 0 Å². The lowest BCUT2D eigenvalue weighted by molar-refractivity contribution is 0.0389. The highest BCUT2D eigenvalue weighted by Crippen LogP contribution is 1.94. The molecule has 1 fully saturated rings. The molecule has 1 aliphatic rings. The van der Waals surface area contributed by atoms with Crippen LogP contribution >= 0.6 is 0 Å². The van der Waals surface area contributed by atoms with Gasteiger partial charge in [-0.25, -0.2) is 0 Å². The zero-order valence-corrected chi connectivity index (χ0v) is 9.05. The zero-order chi connectivity index (χ0) is 10.2. The summed E-state index contributed by atoms with van der Waals surface area (Å²) in [5.41, 5.74) is 0. The number of morpholine rings is 1. The predicted molar refractivity (Wildman–Crippen MR) is 57.7 cm³/mol. The Kier molecular flexibility index (Phi) is 5.32. The number of hydrogen-bond donors (Lipinski definition) is 2. The molecular weight excluding hydrogens is 180 g/mol. The zero-order valence-electron chi connectivity index (χ0n) is 9.05. The Morgan fingerprint density at radius 2 is 2.14 bits per heavy atom. The Morgan fingerprint density at radius 3 is 2.71 bits per heavy atom. The van der Waals surface area contributed by atoms with Gasteiger partial charge in [-0.15, -0.1) is 0 Å². The monoisotopic (exact) mass is 200 g/mol. The van der Waals surface area contributed by atoms with Crippen molar-refractivity contribution in [1.29, 1.82) is 0 Å². The van der Waals surface area contributed by atoms with Crippen molar-refractivity contribution in [2.45, 2.75) is 0 Å². The van der Waals surface area contributed by atoms with Gasteiger partial charge < -0.3 is 15.4 Å². The van der Waals surface area contributed by atoms with Crippen LogP contribution in [0, 0.1) is 0 Å². The molecule has 82 valence electrons. The lowest BCUT2D eigenvalue weighted by Crippen LogP contribution is -2.43. The molecule has 0 atom stereocenters. The van der Waals surface area contributed by atoms with Crippen LogP contribution in [0.25, 0.3) is 0 Å². The van der Waals surface area contributed by atoms with Crippen molar-refractivity contribution in [3.05, 3.63) is 0 Å². The number of ether oxygens (including phenoxy) is 1. The molecule has 1 heterocycles. The van der Waals surface area contributed by atoms with E-state index in [1.165, 1.54) is 0 Å². The van der Waals surface area contributed by atoms with Gasteiger partial charge in [0.1, 0.15) is 0 Å². The lowest BCUT2D eigenvalue weighted by atomic mass is 10.4. The van der Waals surface area contributed by atoms with Crippen LogP contribution in [0.5, 0.6) is 0 Å². The van der Waals surface area contributed by atoms with Gasteiger partial charge in [-0.05, 0) is 0 Å². The van der Waals surface area contributed by atoms with Gasteiger partial charge in [-0.2, -0.15) is 0 Å². The second-order valence-corrected chi connectivity index (χ2v) is 3.20. The van der Waals surface area contributed by atoms with Crippen molar-refractivity contribution < 1.29 is 4.74 Å². The second-order valence-electron chi connectivity index (χ2n) is 3.20. The van der Waals surface area contributed by atoms with E-state index in [-0.39, 0.29) is 0 Å². The molecule has 5 nitrogen and oxygen atoms in total. The highest BCUT2D eigenvalue weighted by molar-refractivity contribution is 5.79. The van der Waals surface area contributed by atoms with Gasteiger partial charge in [0.2, 0.25) is 0 Å². The topological polar surface area (TPSA) is 48.9 Å². The fraction of sp³-hybridized carbons (Fsp3) is 0.889. The summed E-state index contributed by atoms with van der Waals surface area (Å²) in [5, 5.41) is 6.21. The van der Waals surface area contributed by atoms with E-state index in [1.54, 1.807) is 7.05 Å². The number of rotatable bonds is 3. The normalized spacial score (nSPS) is 19.4. The summed E-state index contributed by atoms with van der Waals surface area (Å²) in [4.78, 5) is 6.43. The van der Waals surface area contributed by atoms with Gasteiger partial charge in [0.15, 0.2) is 5.96 Å². The molecule has 14 heavy (non-hydrogen) atoms. The first-order valence-corrected chi connectivity index (χ1v) is 5.05. The number of nitrogens with zero attached hydrogens (tertiary/aromatic N) is 2. The Balaban J connectivity index is 2.07. The first-order valence-electron chi connectivity index (χ1n) is 5.05. The van der Waals surface area contributed by atoms with Gasteiger partial charge in [-0.1, -0.05) is 0 Å². The fourth-order valence-corrected chi connectivity index (χ4v) is 1.44. The average molecular weight is 200 g/mol. The maximum atomic E-state index is 5.27. The average Bonchev–Trinajstić information content (AvgIpc) is 2.26. The Labute approximate surface area is 85.5 Å². The van der Waals surface area contributed by atoms with Crippen LogP contribution in [-0.2, 0) is 4.74 Å². The second kappa shape index (κ2) is 6.62. The largest absolute Gasteiger partial charge is 0.379 e. The highest BCUT2D eigenvalue weighted by atomic mass is 16.5. The minimum absolute atomic E-state index is 0.846. The minimum Gasteiger partial charge on any atom is -0.379 e. The molecule has 2 N–H and O–H groups in total. The summed E-state index contributed by atoms with van der Waals surface area (Å²) in [5.74, 6) is 0.846. The first-order chi connectivity index (χ1) is 6.86. The summed E-state index contributed by atoms with van der Waals surface area (Å²) in [6.07, 6.45) is 0. The van der Waals surface area contributed by atoms with Crippen LogP contribution in [0.15, 0.2) is 4.99 Å². The fourth-order valence-electron chi connectivity index (χ4n) is 1.44. The van der Waals surface area contributed by atoms with Crippen LogP contribution in [0.4, 0.5) is 0 Å². The van der Waals surface area contributed by atoms with Crippen LogP contribution in [-0.4, -0.2) is 64.3 Å². The summed E-state index contributed by atoms with van der Waals surface area (Å²) in [7, 11) is 3.64. The molecule has 0 aromatic carbocycles. The van der Waals surface area contributed by atoms with Crippen molar-refractivity contribution in [1.82, 2.24) is 15.5 Å². The number of guanidine groups is 1. The molecule has 1 saturated heterocycles. The molecule has 0 aliphatic carbocycles. The molecule has 0 bridgehead atoms. The van der Waals surface area contributed by atoms with Gasteiger partial charge in [0.25, 0.3) is 0 Å². The van der Waals surface area contributed by atoms with Crippen LogP contribution in [0.3, 0.4) is 0 Å². The van der Waals surface area contributed by atoms with E-state index in [0.29, 0.717) is 0 Å². The molecule has 5 heteroatoms. The Bertz CT molecular complexity index is 178. The highest BCUT2D eigenvalue weighted by Gasteiger charge is 2.09. The van der Waals surface area contributed by atoms with E-state index < -0.39 is 0 Å². The van der Waals surface area contributed by atoms with Gasteiger partial charge in [0, 0.05) is 40.3 Å². The summed E-state index contributed by atoms with van der Waals surface area (Å²) < 4.78 is 5.27. The summed E-state index contributed by atoms with van der Waals surface area (Å²) in [6, 6.07) is 0. The molecule has 1 rings (SSSR count). The van der Waals surface area contributed by atoms with E-state index in [2.05, 4.69) is 20.5 Å². The first kappa shape index (κ1) is 11.3. The molecule has 0 aromatic rings. The third kappa shape index (κ3) is 3.93. The van der Waals surface area contributed by atoms with E-state index in [9.17, 15) is 0 Å². The standard InChI is InChI=1S/C9H20N4O/c1-10-9(11-2)12-3-4-13-5-7-14-8-6-13/h3-8H2,1-2H3,(H2,10,11,12). The maximum absolute atomic E-state index is 5.27. The molecule has 0 saturated carbocycles. The molecule has 0 amide bonds. The SMILES string of the molecule is CN=C(NC)NCCN1CCOCC1. The van der Waals surface area contributed by atoms with Crippen molar-refractivity contribution in [3.63, 3.8) is 0 Å². The smallest absolute Gasteiger partial charge is 0.190 e. The Hall–Kier alpha value is -0.810. The van der Waals surface area contributed by atoms with E-state index >= 15 is 0 Å². The van der Waals surface area contributed by atoms with Crippen LogP contribution < -0.4 is 10.6 Å². The maximum Gasteiger partial charge on any atom is 0.190 e. The Morgan fingerprint density at radius 1 is 1.43 bits per heavy atom. The van der Waals surface area contributed by atoms with E-state index in [4.69, 9.17) is 4.74 Å². The van der Waals surface area contributed by atoms with Gasteiger partial charge in [0.05, 0.1) is 13.2 Å². The van der Waals surface area contributed by atoms with E-state index in [1.807, 2.05) is 7.05 Å². The summed E-state index contributed by atoms with van der Waals surface area (Å²) in [6.45, 7) is 5.78. The number of nitrogens with one attached hydrogen (secondary N) is 2. The van der Waals surface area contributed by atoms with E-state index in [0.717, 1.165) is 45.4 Å². The molecule has 0 radical (unpaired) electrons. The van der Waals surface area contributed by atoms with Gasteiger partial charge >= 0.3 is 0 Å². The molecule has 0 aromatic heterocycles. The molecular formula is C9H20N4O. The third-order valence-electron chi connectivity index (χ3n) is 2.28. The van der Waals surface area contributed by atoms with Gasteiger partial charge in [-0.3, -0.25) is 9.89 Å². The quantitative estimate of drug-likeness (QED) is 0.458. The summed E-state index contributed by atoms with van der Waals surface area (Å²) >= 11 is 0. The number of aliphatic imine (C=N–C) groups is 1. The third-order valence-corrected chi connectivity index (χ3v) is 2.28. The molecule has 1 aliphatic heterocycles. The predicted octanol–water partition coefficient (Wildman–Crippen LogP) is -0.887.